The number of nitrogen functional groups attached to an aromatic ring is 1. The molecule has 0 spiro atoms. The third-order valence-electron chi connectivity index (χ3n) is 3.84. The molecule has 118 valence electrons. The maximum absolute atomic E-state index is 12.0. The number of hydrogen-bond acceptors (Lipinski definition) is 4. The Balaban J connectivity index is 2.59. The van der Waals surface area contributed by atoms with Gasteiger partial charge in [-0.15, -0.1) is 0 Å². The van der Waals surface area contributed by atoms with Crippen LogP contribution in [0.4, 0.5) is 5.69 Å². The molecule has 4 heteroatoms. The maximum Gasteiger partial charge on any atom is 0.163 e. The van der Waals surface area contributed by atoms with Crippen LogP contribution < -0.4 is 10.5 Å². The molecule has 0 aliphatic rings. The Morgan fingerprint density at radius 3 is 2.73 bits per heavy atom. The van der Waals surface area contributed by atoms with Crippen molar-refractivity contribution in [1.29, 1.82) is 0 Å². The van der Waals surface area contributed by atoms with Gasteiger partial charge >= 0.3 is 0 Å². The number of carbonyl (C=O) groups excluding carboxylic acids is 1. The van der Waals surface area contributed by atoms with Gasteiger partial charge in [-0.05, 0) is 37.5 Å². The van der Waals surface area contributed by atoms with Gasteiger partial charge in [0, 0.05) is 11.6 Å². The van der Waals surface area contributed by atoms with Gasteiger partial charge in [-0.3, -0.25) is 9.78 Å². The standard InChI is InChI=1S/C18H24N2O2/c1-4-6-7-10-22-18-14(12(3)21)11-15(19)17-16(18)13(5-2)8-9-20-17/h8-9,11H,4-7,10,19H2,1-3H3. The van der Waals surface area contributed by atoms with Crippen LogP contribution in [0.15, 0.2) is 18.3 Å². The first-order valence-corrected chi connectivity index (χ1v) is 7.93. The number of aryl methyl sites for hydroxylation is 1. The highest BCUT2D eigenvalue weighted by Gasteiger charge is 2.18. The van der Waals surface area contributed by atoms with Gasteiger partial charge in [0.15, 0.2) is 5.78 Å². The minimum absolute atomic E-state index is 0.0370. The molecule has 4 nitrogen and oxygen atoms in total. The van der Waals surface area contributed by atoms with Crippen molar-refractivity contribution < 1.29 is 9.53 Å². The molecule has 2 aromatic rings. The summed E-state index contributed by atoms with van der Waals surface area (Å²) in [5.41, 5.74) is 8.98. The van der Waals surface area contributed by atoms with Crippen molar-refractivity contribution in [2.24, 2.45) is 0 Å². The van der Waals surface area contributed by atoms with Crippen LogP contribution in [-0.2, 0) is 6.42 Å². The van der Waals surface area contributed by atoms with Crippen molar-refractivity contribution in [3.8, 4) is 5.75 Å². The monoisotopic (exact) mass is 300 g/mol. The Bertz CT molecular complexity index is 680. The number of pyridine rings is 1. The topological polar surface area (TPSA) is 65.2 Å². The molecule has 22 heavy (non-hydrogen) atoms. The number of nitrogens with zero attached hydrogens (tertiary/aromatic N) is 1. The minimum Gasteiger partial charge on any atom is -0.492 e. The molecule has 0 saturated carbocycles. The molecule has 1 aromatic heterocycles. The summed E-state index contributed by atoms with van der Waals surface area (Å²) in [6.07, 6.45) is 5.81. The Hall–Kier alpha value is -2.10. The molecule has 0 unspecified atom stereocenters. The zero-order valence-corrected chi connectivity index (χ0v) is 13.6. The van der Waals surface area contributed by atoms with E-state index >= 15 is 0 Å². The Labute approximate surface area is 131 Å². The Kier molecular flexibility index (Phi) is 5.36. The predicted octanol–water partition coefficient (Wildman–Crippen LogP) is 4.15. The molecular formula is C18H24N2O2. The second-order valence-corrected chi connectivity index (χ2v) is 5.50. The number of aromatic nitrogens is 1. The molecular weight excluding hydrogens is 276 g/mol. The van der Waals surface area contributed by atoms with Crippen LogP contribution in [0.1, 0.15) is 56.0 Å². The highest BCUT2D eigenvalue weighted by Crippen LogP contribution is 2.36. The number of anilines is 1. The molecule has 0 fully saturated rings. The summed E-state index contributed by atoms with van der Waals surface area (Å²) in [4.78, 5) is 16.4. The van der Waals surface area contributed by atoms with Crippen molar-refractivity contribution in [3.63, 3.8) is 0 Å². The van der Waals surface area contributed by atoms with E-state index in [-0.39, 0.29) is 5.78 Å². The number of carbonyl (C=O) groups is 1. The van der Waals surface area contributed by atoms with Crippen LogP contribution in [0, 0.1) is 0 Å². The van der Waals surface area contributed by atoms with E-state index in [1.807, 2.05) is 6.07 Å². The first-order chi connectivity index (χ1) is 10.6. The fourth-order valence-electron chi connectivity index (χ4n) is 2.63. The van der Waals surface area contributed by atoms with Crippen LogP contribution in [0.5, 0.6) is 5.75 Å². The molecule has 0 aliphatic carbocycles. The molecule has 0 aliphatic heterocycles. The Morgan fingerprint density at radius 2 is 2.09 bits per heavy atom. The van der Waals surface area contributed by atoms with E-state index < -0.39 is 0 Å². The van der Waals surface area contributed by atoms with Gasteiger partial charge < -0.3 is 10.5 Å². The lowest BCUT2D eigenvalue weighted by Gasteiger charge is -2.16. The normalized spacial score (nSPS) is 10.9. The smallest absolute Gasteiger partial charge is 0.163 e. The van der Waals surface area contributed by atoms with Gasteiger partial charge in [0.05, 0.1) is 23.4 Å². The summed E-state index contributed by atoms with van der Waals surface area (Å²) in [5, 5.41) is 0.881. The van der Waals surface area contributed by atoms with Gasteiger partial charge in [0.2, 0.25) is 0 Å². The van der Waals surface area contributed by atoms with E-state index in [2.05, 4.69) is 18.8 Å². The largest absolute Gasteiger partial charge is 0.492 e. The number of ketones is 1. The SMILES string of the molecule is CCCCCOc1c(C(C)=O)cc(N)c2nccc(CC)c12. The molecule has 0 atom stereocenters. The van der Waals surface area contributed by atoms with E-state index in [4.69, 9.17) is 10.5 Å². The average molecular weight is 300 g/mol. The quantitative estimate of drug-likeness (QED) is 0.474. The number of Topliss-reactive ketones (excluding diaryl/α,β-unsaturated/α-hetero) is 1. The average Bonchev–Trinajstić information content (AvgIpc) is 2.52. The van der Waals surface area contributed by atoms with Gasteiger partial charge in [0.1, 0.15) is 5.75 Å². The lowest BCUT2D eigenvalue weighted by molar-refractivity contribution is 0.101. The van der Waals surface area contributed by atoms with Crippen molar-refractivity contribution in [3.05, 3.63) is 29.5 Å². The van der Waals surface area contributed by atoms with Crippen molar-refractivity contribution in [1.82, 2.24) is 4.98 Å². The molecule has 2 N–H and O–H groups in total. The van der Waals surface area contributed by atoms with E-state index in [0.717, 1.165) is 42.1 Å². The lowest BCUT2D eigenvalue weighted by atomic mass is 9.99. The fourth-order valence-corrected chi connectivity index (χ4v) is 2.63. The second kappa shape index (κ2) is 7.25. The highest BCUT2D eigenvalue weighted by molar-refractivity contribution is 6.07. The highest BCUT2D eigenvalue weighted by atomic mass is 16.5. The zero-order valence-electron chi connectivity index (χ0n) is 13.6. The van der Waals surface area contributed by atoms with E-state index in [0.29, 0.717) is 23.6 Å². The number of ether oxygens (including phenoxy) is 1. The summed E-state index contributed by atoms with van der Waals surface area (Å²) in [6, 6.07) is 3.65. The molecule has 0 saturated heterocycles. The number of rotatable bonds is 7. The minimum atomic E-state index is -0.0370. The molecule has 2 rings (SSSR count). The van der Waals surface area contributed by atoms with E-state index in [1.165, 1.54) is 0 Å². The van der Waals surface area contributed by atoms with Gasteiger partial charge in [-0.2, -0.15) is 0 Å². The Morgan fingerprint density at radius 1 is 1.32 bits per heavy atom. The predicted molar refractivity (Wildman–Crippen MR) is 90.6 cm³/mol. The van der Waals surface area contributed by atoms with Crippen LogP contribution in [0.2, 0.25) is 0 Å². The molecule has 0 radical (unpaired) electrons. The number of hydrogen-bond donors (Lipinski definition) is 1. The third kappa shape index (κ3) is 3.21. The van der Waals surface area contributed by atoms with Crippen molar-refractivity contribution in [2.75, 3.05) is 12.3 Å². The lowest BCUT2D eigenvalue weighted by Crippen LogP contribution is -2.07. The van der Waals surface area contributed by atoms with E-state index in [9.17, 15) is 4.79 Å². The third-order valence-corrected chi connectivity index (χ3v) is 3.84. The molecule has 0 amide bonds. The van der Waals surface area contributed by atoms with Crippen LogP contribution >= 0.6 is 0 Å². The number of benzene rings is 1. The summed E-state index contributed by atoms with van der Waals surface area (Å²) >= 11 is 0. The van der Waals surface area contributed by atoms with Crippen LogP contribution in [0.3, 0.4) is 0 Å². The van der Waals surface area contributed by atoms with Crippen LogP contribution in [-0.4, -0.2) is 17.4 Å². The summed E-state index contributed by atoms with van der Waals surface area (Å²) in [7, 11) is 0. The molecule has 1 heterocycles. The van der Waals surface area contributed by atoms with Crippen LogP contribution in [0.25, 0.3) is 10.9 Å². The zero-order chi connectivity index (χ0) is 16.1. The fraction of sp³-hybridized carbons (Fsp3) is 0.444. The van der Waals surface area contributed by atoms with Gasteiger partial charge in [-0.1, -0.05) is 26.7 Å². The van der Waals surface area contributed by atoms with E-state index in [1.54, 1.807) is 19.2 Å². The van der Waals surface area contributed by atoms with Crippen molar-refractivity contribution in [2.45, 2.75) is 46.5 Å². The summed E-state index contributed by atoms with van der Waals surface area (Å²) < 4.78 is 5.99. The van der Waals surface area contributed by atoms with Gasteiger partial charge in [0.25, 0.3) is 0 Å². The maximum atomic E-state index is 12.0. The summed E-state index contributed by atoms with van der Waals surface area (Å²) in [6.45, 7) is 6.37. The van der Waals surface area contributed by atoms with Gasteiger partial charge in [-0.25, -0.2) is 0 Å². The number of nitrogens with two attached hydrogens (primary N) is 1. The second-order valence-electron chi connectivity index (χ2n) is 5.50. The van der Waals surface area contributed by atoms with Crippen molar-refractivity contribution >= 4 is 22.4 Å². The summed E-state index contributed by atoms with van der Waals surface area (Å²) in [5.74, 6) is 0.600. The molecule has 0 bridgehead atoms. The number of unbranched alkanes of at least 4 members (excludes halogenated alkanes) is 2. The molecule has 1 aromatic carbocycles. The first kappa shape index (κ1) is 16.3. The number of fused-ring (bicyclic) bond motifs is 1. The first-order valence-electron chi connectivity index (χ1n) is 7.93.